The van der Waals surface area contributed by atoms with Gasteiger partial charge in [0, 0.05) is 43.2 Å². The zero-order valence-electron chi connectivity index (χ0n) is 14.2. The number of nitrogen functional groups attached to an aromatic ring is 1. The van der Waals surface area contributed by atoms with Crippen LogP contribution >= 0.6 is 11.3 Å². The van der Waals surface area contributed by atoms with Gasteiger partial charge in [-0.05, 0) is 42.7 Å². The molecule has 7 heteroatoms. The topological polar surface area (TPSA) is 75.3 Å². The molecule has 132 valence electrons. The van der Waals surface area contributed by atoms with E-state index in [4.69, 9.17) is 5.73 Å². The zero-order chi connectivity index (χ0) is 17.2. The van der Waals surface area contributed by atoms with E-state index in [-0.39, 0.29) is 0 Å². The molecule has 2 aliphatic heterocycles. The Bertz CT molecular complexity index is 735. The van der Waals surface area contributed by atoms with Crippen LogP contribution in [0.5, 0.6) is 0 Å². The lowest BCUT2D eigenvalue weighted by molar-refractivity contribution is -0.139. The molecular weight excluding hydrogens is 334 g/mol. The summed E-state index contributed by atoms with van der Waals surface area (Å²) in [4.78, 5) is 26.6. The van der Waals surface area contributed by atoms with Crippen molar-refractivity contribution in [2.45, 2.75) is 31.7 Å². The molecular formula is C18H23N5OS. The summed E-state index contributed by atoms with van der Waals surface area (Å²) < 4.78 is 0. The van der Waals surface area contributed by atoms with E-state index in [1.807, 2.05) is 6.07 Å². The Morgan fingerprint density at radius 1 is 1.32 bits per heavy atom. The molecule has 2 fully saturated rings. The van der Waals surface area contributed by atoms with Crippen LogP contribution in [0.2, 0.25) is 0 Å². The molecule has 2 N–H and O–H groups in total. The first-order valence-corrected chi connectivity index (χ1v) is 9.74. The number of thiophene rings is 1. The minimum atomic E-state index is 0.316. The lowest BCUT2D eigenvalue weighted by Crippen LogP contribution is -2.56. The summed E-state index contributed by atoms with van der Waals surface area (Å²) in [6.07, 6.45) is 5.28. The van der Waals surface area contributed by atoms with Crippen LogP contribution in [-0.4, -0.2) is 46.5 Å². The Labute approximate surface area is 151 Å². The Kier molecular flexibility index (Phi) is 4.57. The minimum absolute atomic E-state index is 0.316. The summed E-state index contributed by atoms with van der Waals surface area (Å²) in [7, 11) is 0. The molecule has 2 aromatic rings. The third-order valence-corrected chi connectivity index (χ3v) is 6.24. The Morgan fingerprint density at radius 2 is 2.24 bits per heavy atom. The highest BCUT2D eigenvalue weighted by Gasteiger charge is 2.39. The van der Waals surface area contributed by atoms with E-state index < -0.39 is 0 Å². The van der Waals surface area contributed by atoms with Crippen LogP contribution in [0, 0.1) is 5.92 Å². The van der Waals surface area contributed by atoms with Gasteiger partial charge in [0.25, 0.3) is 0 Å². The largest absolute Gasteiger partial charge is 0.368 e. The number of fused-ring (bicyclic) bond motifs is 1. The number of hydrogen-bond donors (Lipinski definition) is 1. The van der Waals surface area contributed by atoms with E-state index in [9.17, 15) is 4.79 Å². The van der Waals surface area contributed by atoms with Gasteiger partial charge in [0.1, 0.15) is 5.82 Å². The van der Waals surface area contributed by atoms with Crippen molar-refractivity contribution in [3.8, 4) is 0 Å². The number of likely N-dealkylation sites (tertiary alicyclic amines) is 1. The maximum absolute atomic E-state index is 12.5. The van der Waals surface area contributed by atoms with Crippen molar-refractivity contribution in [3.05, 3.63) is 34.7 Å². The molecule has 2 aromatic heterocycles. The van der Waals surface area contributed by atoms with Crippen molar-refractivity contribution in [1.29, 1.82) is 0 Å². The highest BCUT2D eigenvalue weighted by molar-refractivity contribution is 7.09. The molecule has 1 amide bonds. The Hall–Kier alpha value is -2.15. The van der Waals surface area contributed by atoms with Crippen LogP contribution in [0.3, 0.4) is 0 Å². The molecule has 25 heavy (non-hydrogen) atoms. The number of nitrogens with two attached hydrogens (primary N) is 1. The number of amides is 1. The number of anilines is 2. The number of rotatable bonds is 4. The summed E-state index contributed by atoms with van der Waals surface area (Å²) in [6, 6.07) is 6.50. The predicted molar refractivity (Wildman–Crippen MR) is 99.5 cm³/mol. The molecule has 6 nitrogen and oxygen atoms in total. The number of aromatic nitrogens is 2. The summed E-state index contributed by atoms with van der Waals surface area (Å²) in [5.74, 6) is 2.03. The predicted octanol–water partition coefficient (Wildman–Crippen LogP) is 2.18. The molecule has 2 atom stereocenters. The second-order valence-electron chi connectivity index (χ2n) is 6.79. The highest BCUT2D eigenvalue weighted by Crippen LogP contribution is 2.33. The molecule has 0 aromatic carbocycles. The summed E-state index contributed by atoms with van der Waals surface area (Å²) in [6.45, 7) is 2.67. The van der Waals surface area contributed by atoms with Gasteiger partial charge in [0.2, 0.25) is 11.9 Å². The van der Waals surface area contributed by atoms with Crippen molar-refractivity contribution in [3.63, 3.8) is 0 Å². The number of carbonyl (C=O) groups is 1. The quantitative estimate of drug-likeness (QED) is 0.908. The number of nitrogens with zero attached hydrogens (tertiary/aromatic N) is 4. The van der Waals surface area contributed by atoms with Gasteiger partial charge in [-0.15, -0.1) is 11.3 Å². The third kappa shape index (κ3) is 3.46. The van der Waals surface area contributed by atoms with Crippen molar-refractivity contribution >= 4 is 29.0 Å². The second kappa shape index (κ2) is 7.00. The van der Waals surface area contributed by atoms with Crippen molar-refractivity contribution < 1.29 is 4.79 Å². The van der Waals surface area contributed by atoms with Gasteiger partial charge in [-0.3, -0.25) is 4.79 Å². The highest BCUT2D eigenvalue weighted by atomic mass is 32.1. The molecule has 0 aliphatic carbocycles. The lowest BCUT2D eigenvalue weighted by atomic mass is 9.83. The average Bonchev–Trinajstić information content (AvgIpc) is 3.14. The van der Waals surface area contributed by atoms with Gasteiger partial charge in [-0.2, -0.15) is 4.98 Å². The van der Waals surface area contributed by atoms with Crippen LogP contribution in [0.15, 0.2) is 29.8 Å². The van der Waals surface area contributed by atoms with Gasteiger partial charge in [0.15, 0.2) is 0 Å². The molecule has 4 heterocycles. The normalized spacial score (nSPS) is 23.6. The van der Waals surface area contributed by atoms with Gasteiger partial charge in [-0.25, -0.2) is 4.98 Å². The summed E-state index contributed by atoms with van der Waals surface area (Å²) >= 11 is 1.77. The molecule has 0 bridgehead atoms. The fraction of sp³-hybridized carbons (Fsp3) is 0.500. The molecule has 0 unspecified atom stereocenters. The minimum Gasteiger partial charge on any atom is -0.368 e. The number of piperidine rings is 2. The lowest BCUT2D eigenvalue weighted by Gasteiger charge is -2.47. The van der Waals surface area contributed by atoms with E-state index in [2.05, 4.69) is 37.3 Å². The van der Waals surface area contributed by atoms with E-state index in [1.165, 1.54) is 4.88 Å². The van der Waals surface area contributed by atoms with Gasteiger partial charge >= 0.3 is 0 Å². The van der Waals surface area contributed by atoms with E-state index in [0.717, 1.165) is 44.7 Å². The molecule has 0 saturated carbocycles. The smallest absolute Gasteiger partial charge is 0.222 e. The summed E-state index contributed by atoms with van der Waals surface area (Å²) in [5, 5.41) is 2.10. The van der Waals surface area contributed by atoms with Crippen molar-refractivity contribution in [2.24, 2.45) is 5.92 Å². The first-order valence-electron chi connectivity index (χ1n) is 8.86. The fourth-order valence-electron chi connectivity index (χ4n) is 4.08. The van der Waals surface area contributed by atoms with E-state index >= 15 is 0 Å². The monoisotopic (exact) mass is 357 g/mol. The second-order valence-corrected chi connectivity index (χ2v) is 7.82. The van der Waals surface area contributed by atoms with Gasteiger partial charge < -0.3 is 15.5 Å². The first kappa shape index (κ1) is 16.3. The van der Waals surface area contributed by atoms with E-state index in [1.54, 1.807) is 17.5 Å². The molecule has 2 saturated heterocycles. The standard InChI is InChI=1S/C18H23N5OS/c19-18-20-8-5-16(21-18)22-9-7-15-13(12-22)3-4-17(24)23(15)10-6-14-2-1-11-25-14/h1-2,5,8,11,13,15H,3-4,6-7,9-10,12H2,(H2,19,20,21)/t13-,15+/m0/s1. The van der Waals surface area contributed by atoms with E-state index in [0.29, 0.717) is 30.2 Å². The summed E-state index contributed by atoms with van der Waals surface area (Å²) in [5.41, 5.74) is 5.72. The van der Waals surface area contributed by atoms with Crippen LogP contribution < -0.4 is 10.6 Å². The molecule has 2 aliphatic rings. The molecule has 0 spiro atoms. The molecule has 0 radical (unpaired) electrons. The van der Waals surface area contributed by atoms with Gasteiger partial charge in [0.05, 0.1) is 0 Å². The van der Waals surface area contributed by atoms with Crippen molar-refractivity contribution in [2.75, 3.05) is 30.3 Å². The molecule has 4 rings (SSSR count). The van der Waals surface area contributed by atoms with Crippen LogP contribution in [0.25, 0.3) is 0 Å². The fourth-order valence-corrected chi connectivity index (χ4v) is 4.77. The third-order valence-electron chi connectivity index (χ3n) is 5.31. The average molecular weight is 357 g/mol. The Morgan fingerprint density at radius 3 is 3.04 bits per heavy atom. The zero-order valence-corrected chi connectivity index (χ0v) is 15.0. The maximum atomic E-state index is 12.5. The maximum Gasteiger partial charge on any atom is 0.222 e. The SMILES string of the molecule is Nc1nccc(N2CC[C@@H]3[C@@H](CCC(=O)N3CCc3cccs3)C2)n1. The Balaban J connectivity index is 1.44. The van der Waals surface area contributed by atoms with Crippen LogP contribution in [0.4, 0.5) is 11.8 Å². The first-order chi connectivity index (χ1) is 12.2. The van der Waals surface area contributed by atoms with Crippen molar-refractivity contribution in [1.82, 2.24) is 14.9 Å². The van der Waals surface area contributed by atoms with Gasteiger partial charge in [-0.1, -0.05) is 6.07 Å². The van der Waals surface area contributed by atoms with Crippen LogP contribution in [0.1, 0.15) is 24.1 Å². The number of hydrogen-bond acceptors (Lipinski definition) is 6. The number of carbonyl (C=O) groups excluding carboxylic acids is 1. The van der Waals surface area contributed by atoms with Crippen LogP contribution in [-0.2, 0) is 11.2 Å².